The highest BCUT2D eigenvalue weighted by atomic mass is 79.9. The third kappa shape index (κ3) is 4.89. The van der Waals surface area contributed by atoms with Gasteiger partial charge in [0.25, 0.3) is 5.91 Å². The Morgan fingerprint density at radius 1 is 1.25 bits per heavy atom. The quantitative estimate of drug-likeness (QED) is 0.287. The normalized spacial score (nSPS) is 12.7. The molecule has 0 radical (unpaired) electrons. The van der Waals surface area contributed by atoms with Gasteiger partial charge in [-0.05, 0) is 59.5 Å². The van der Waals surface area contributed by atoms with Gasteiger partial charge in [0.2, 0.25) is 11.6 Å². The monoisotopic (exact) mass is 523 g/mol. The summed E-state index contributed by atoms with van der Waals surface area (Å²) in [5.74, 6) is 1.53. The summed E-state index contributed by atoms with van der Waals surface area (Å²) in [7, 11) is 3.19. The fraction of sp³-hybridized carbons (Fsp3) is 0.381. The molecule has 3 rings (SSSR count). The predicted molar refractivity (Wildman–Crippen MR) is 127 cm³/mol. The van der Waals surface area contributed by atoms with Gasteiger partial charge in [-0.15, -0.1) is 0 Å². The van der Waals surface area contributed by atoms with Crippen LogP contribution in [0.2, 0.25) is 0 Å². The third-order valence-electron chi connectivity index (χ3n) is 5.01. The van der Waals surface area contributed by atoms with E-state index >= 15 is 0 Å². The minimum absolute atomic E-state index is 0.104. The van der Waals surface area contributed by atoms with E-state index in [1.54, 1.807) is 26.2 Å². The lowest BCUT2D eigenvalue weighted by Crippen LogP contribution is -2.22. The third-order valence-corrected chi connectivity index (χ3v) is 6.35. The Labute approximate surface area is 198 Å². The van der Waals surface area contributed by atoms with Crippen LogP contribution >= 0.6 is 27.1 Å². The number of phenols is 1. The number of aromatic nitrogens is 2. The number of rotatable bonds is 7. The predicted octanol–water partition coefficient (Wildman–Crippen LogP) is 5.14. The van der Waals surface area contributed by atoms with E-state index in [4.69, 9.17) is 4.42 Å². The van der Waals surface area contributed by atoms with Crippen molar-refractivity contribution in [2.24, 2.45) is 5.92 Å². The summed E-state index contributed by atoms with van der Waals surface area (Å²) in [5, 5.41) is 17.0. The number of phenolic OH excluding ortho intramolecular Hbond substituents is 1. The number of carbonyl (C=O) groups excluding carboxylic acids is 1. The number of aromatic hydroxyl groups is 1. The van der Waals surface area contributed by atoms with Gasteiger partial charge in [-0.2, -0.15) is 0 Å². The van der Waals surface area contributed by atoms with Gasteiger partial charge in [-0.25, -0.2) is 0 Å². The van der Waals surface area contributed by atoms with Gasteiger partial charge in [0.1, 0.15) is 11.5 Å². The Morgan fingerprint density at radius 3 is 2.47 bits per heavy atom. The highest BCUT2D eigenvalue weighted by Gasteiger charge is 2.27. The SMILES string of the molecule is Cc1cc([C@H](Nc2n[s+]([O-])nc2Nc2ccc(Br)c(C(=O)N(C)C)c2O)C(C)C)oc1C. The van der Waals surface area contributed by atoms with E-state index in [9.17, 15) is 14.5 Å². The van der Waals surface area contributed by atoms with Crippen LogP contribution < -0.4 is 10.6 Å². The topological polar surface area (TPSA) is 127 Å². The van der Waals surface area contributed by atoms with Crippen molar-refractivity contribution in [3.05, 3.63) is 45.3 Å². The van der Waals surface area contributed by atoms with Crippen molar-refractivity contribution >= 4 is 50.3 Å². The molecule has 1 unspecified atom stereocenters. The number of hydrogen-bond donors (Lipinski definition) is 3. The van der Waals surface area contributed by atoms with Crippen LogP contribution in [0.1, 0.15) is 47.3 Å². The van der Waals surface area contributed by atoms with Crippen LogP contribution in [0.3, 0.4) is 0 Å². The van der Waals surface area contributed by atoms with Crippen LogP contribution in [0, 0.1) is 19.8 Å². The zero-order valence-corrected chi connectivity index (χ0v) is 21.1. The van der Waals surface area contributed by atoms with Crippen molar-refractivity contribution in [1.29, 1.82) is 0 Å². The second kappa shape index (κ2) is 9.47. The molecule has 9 nitrogen and oxygen atoms in total. The molecule has 2 atom stereocenters. The minimum atomic E-state index is -1.82. The molecule has 0 fully saturated rings. The van der Waals surface area contributed by atoms with Gasteiger partial charge in [-0.1, -0.05) is 13.8 Å². The molecule has 1 aromatic carbocycles. The van der Waals surface area contributed by atoms with Gasteiger partial charge in [0.05, 0.1) is 17.3 Å². The number of anilines is 3. The first-order valence-corrected chi connectivity index (χ1v) is 11.8. The van der Waals surface area contributed by atoms with E-state index in [1.807, 2.05) is 33.8 Å². The first-order valence-electron chi connectivity index (χ1n) is 9.93. The van der Waals surface area contributed by atoms with Gasteiger partial charge in [0, 0.05) is 27.3 Å². The van der Waals surface area contributed by atoms with Crippen molar-refractivity contribution in [3.63, 3.8) is 0 Å². The molecule has 0 saturated carbocycles. The Kier molecular flexibility index (Phi) is 7.11. The fourth-order valence-corrected chi connectivity index (χ4v) is 4.24. The second-order valence-electron chi connectivity index (χ2n) is 8.01. The van der Waals surface area contributed by atoms with Crippen LogP contribution in [0.4, 0.5) is 17.3 Å². The van der Waals surface area contributed by atoms with E-state index in [-0.39, 0.29) is 46.5 Å². The van der Waals surface area contributed by atoms with Gasteiger partial charge >= 0.3 is 0 Å². The maximum Gasteiger partial charge on any atom is 0.258 e. The largest absolute Gasteiger partial charge is 0.546 e. The number of nitrogens with one attached hydrogen (secondary N) is 2. The van der Waals surface area contributed by atoms with Gasteiger partial charge in [-0.3, -0.25) is 4.79 Å². The molecule has 0 bridgehead atoms. The van der Waals surface area contributed by atoms with E-state index in [0.29, 0.717) is 4.47 Å². The molecule has 3 aromatic rings. The molecule has 0 spiro atoms. The lowest BCUT2D eigenvalue weighted by atomic mass is 10.0. The van der Waals surface area contributed by atoms with Gasteiger partial charge in [0.15, 0.2) is 16.9 Å². The number of nitrogens with zero attached hydrogens (tertiary/aromatic N) is 3. The van der Waals surface area contributed by atoms with E-state index in [2.05, 4.69) is 35.3 Å². The van der Waals surface area contributed by atoms with Crippen LogP contribution in [0.5, 0.6) is 5.75 Å². The Balaban J connectivity index is 1.95. The summed E-state index contributed by atoms with van der Waals surface area (Å²) < 4.78 is 26.6. The lowest BCUT2D eigenvalue weighted by molar-refractivity contribution is 0.0824. The molecule has 1 amide bonds. The van der Waals surface area contributed by atoms with E-state index in [0.717, 1.165) is 17.1 Å². The minimum Gasteiger partial charge on any atom is -0.546 e. The van der Waals surface area contributed by atoms with Crippen LogP contribution in [-0.4, -0.2) is 43.3 Å². The van der Waals surface area contributed by atoms with Gasteiger partial charge < -0.3 is 29.6 Å². The maximum atomic E-state index is 12.5. The second-order valence-corrected chi connectivity index (χ2v) is 9.69. The summed E-state index contributed by atoms with van der Waals surface area (Å²) >= 11 is 1.49. The van der Waals surface area contributed by atoms with Crippen LogP contribution in [-0.2, 0) is 0 Å². The summed E-state index contributed by atoms with van der Waals surface area (Å²) in [6, 6.07) is 4.95. The molecule has 0 aliphatic rings. The van der Waals surface area contributed by atoms with Crippen molar-refractivity contribution < 1.29 is 18.9 Å². The summed E-state index contributed by atoms with van der Waals surface area (Å²) in [6.45, 7) is 7.93. The molecule has 0 aliphatic carbocycles. The van der Waals surface area contributed by atoms with Crippen molar-refractivity contribution in [1.82, 2.24) is 13.6 Å². The molecule has 172 valence electrons. The number of benzene rings is 1. The highest BCUT2D eigenvalue weighted by Crippen LogP contribution is 2.38. The van der Waals surface area contributed by atoms with Crippen molar-refractivity contribution in [2.45, 2.75) is 33.7 Å². The molecule has 0 aliphatic heterocycles. The Hall–Kier alpha value is -2.63. The van der Waals surface area contributed by atoms with E-state index in [1.165, 1.54) is 4.90 Å². The number of carbonyl (C=O) groups is 1. The molecule has 2 aromatic heterocycles. The highest BCUT2D eigenvalue weighted by molar-refractivity contribution is 9.10. The smallest absolute Gasteiger partial charge is 0.258 e. The first kappa shape index (κ1) is 24.0. The van der Waals surface area contributed by atoms with Crippen LogP contribution in [0.25, 0.3) is 0 Å². The Bertz CT molecular complexity index is 1120. The summed E-state index contributed by atoms with van der Waals surface area (Å²) in [5.41, 5.74) is 1.37. The molecule has 0 saturated heterocycles. The lowest BCUT2D eigenvalue weighted by Gasteiger charge is -2.20. The molecule has 11 heteroatoms. The van der Waals surface area contributed by atoms with E-state index < -0.39 is 11.1 Å². The standard InChI is InChI=1S/C21H26BrN5O4S/c1-10(2)17(15-9-11(3)12(4)31-15)24-20-19(25-32(30)26-20)23-14-8-7-13(22)16(18(14)28)21(29)27(5)6/h7-10,17,28H,1-6H3,(H,23,25)(H,24,26)/t17-,32?/m1/s1. The summed E-state index contributed by atoms with van der Waals surface area (Å²) in [4.78, 5) is 13.8. The molecule has 2 heterocycles. The molecular formula is C21H26BrN5O4S. The summed E-state index contributed by atoms with van der Waals surface area (Å²) in [6.07, 6.45) is 0. The Morgan fingerprint density at radius 2 is 1.91 bits per heavy atom. The molecular weight excluding hydrogens is 498 g/mol. The number of amides is 1. The zero-order valence-electron chi connectivity index (χ0n) is 18.7. The number of hydrogen-bond acceptors (Lipinski definition) is 8. The number of halogens is 1. The molecule has 32 heavy (non-hydrogen) atoms. The average Bonchev–Trinajstić information content (AvgIpc) is 3.22. The molecule has 3 N–H and O–H groups in total. The maximum absolute atomic E-state index is 12.5. The fourth-order valence-electron chi connectivity index (χ4n) is 3.13. The first-order chi connectivity index (χ1) is 15.0. The van der Waals surface area contributed by atoms with Crippen LogP contribution in [0.15, 0.2) is 27.1 Å². The number of aryl methyl sites for hydroxylation is 2. The number of furan rings is 1. The zero-order chi connectivity index (χ0) is 23.7. The van der Waals surface area contributed by atoms with Crippen molar-refractivity contribution in [2.75, 3.05) is 24.7 Å². The van der Waals surface area contributed by atoms with Crippen molar-refractivity contribution in [3.8, 4) is 5.75 Å². The average molecular weight is 524 g/mol.